The van der Waals surface area contributed by atoms with Gasteiger partial charge in [0.1, 0.15) is 0 Å². The Morgan fingerprint density at radius 1 is 1.23 bits per heavy atom. The van der Waals surface area contributed by atoms with Gasteiger partial charge in [-0.2, -0.15) is 0 Å². The number of hydrogen-bond donors (Lipinski definition) is 0. The topological polar surface area (TPSA) is 0 Å². The number of alkyl halides is 1. The Morgan fingerprint density at radius 3 is 2.31 bits per heavy atom. The third-order valence-corrected chi connectivity index (χ3v) is 3.88. The maximum atomic E-state index is 3.60. The molecule has 1 aliphatic rings. The van der Waals surface area contributed by atoms with E-state index in [0.717, 1.165) is 17.2 Å². The second-order valence-corrected chi connectivity index (χ2v) is 5.21. The molecule has 0 nitrogen and oxygen atoms in total. The van der Waals surface area contributed by atoms with Crippen LogP contribution in [0.4, 0.5) is 0 Å². The maximum absolute atomic E-state index is 3.60. The highest BCUT2D eigenvalue weighted by atomic mass is 79.9. The third kappa shape index (κ3) is 2.35. The monoisotopic (exact) mass is 302 g/mol. The SMILES string of the molecule is BrCC(c1ccc(Br)cc1)C1CC1. The Hall–Kier alpha value is 0.180. The van der Waals surface area contributed by atoms with Gasteiger partial charge in [-0.15, -0.1) is 0 Å². The number of rotatable bonds is 3. The first-order valence-electron chi connectivity index (χ1n) is 4.62. The minimum Gasteiger partial charge on any atom is -0.0921 e. The molecule has 1 aromatic rings. The predicted octanol–water partition coefficient (Wildman–Crippen LogP) is 4.34. The highest BCUT2D eigenvalue weighted by molar-refractivity contribution is 9.10. The minimum atomic E-state index is 0.730. The van der Waals surface area contributed by atoms with Crippen LogP contribution in [0.25, 0.3) is 0 Å². The number of hydrogen-bond acceptors (Lipinski definition) is 0. The summed E-state index contributed by atoms with van der Waals surface area (Å²) >= 11 is 7.06. The second-order valence-electron chi connectivity index (χ2n) is 3.65. The molecule has 2 heteroatoms. The molecule has 0 heterocycles. The van der Waals surface area contributed by atoms with Gasteiger partial charge in [-0.05, 0) is 42.4 Å². The van der Waals surface area contributed by atoms with Crippen molar-refractivity contribution in [1.29, 1.82) is 0 Å². The van der Waals surface area contributed by atoms with E-state index in [1.165, 1.54) is 22.9 Å². The second kappa shape index (κ2) is 4.14. The summed E-state index contributed by atoms with van der Waals surface area (Å²) in [6.07, 6.45) is 2.82. The Kier molecular flexibility index (Phi) is 3.10. The molecule has 0 bridgehead atoms. The largest absolute Gasteiger partial charge is 0.0921 e. The lowest BCUT2D eigenvalue weighted by Gasteiger charge is -2.12. The fourth-order valence-electron chi connectivity index (χ4n) is 1.70. The van der Waals surface area contributed by atoms with Crippen molar-refractivity contribution in [1.82, 2.24) is 0 Å². The first kappa shape index (κ1) is 9.72. The van der Waals surface area contributed by atoms with Gasteiger partial charge in [0.05, 0.1) is 0 Å². The van der Waals surface area contributed by atoms with E-state index in [2.05, 4.69) is 56.1 Å². The van der Waals surface area contributed by atoms with Crippen LogP contribution in [-0.4, -0.2) is 5.33 Å². The summed E-state index contributed by atoms with van der Waals surface area (Å²) in [5.41, 5.74) is 1.47. The highest BCUT2D eigenvalue weighted by Crippen LogP contribution is 2.43. The predicted molar refractivity (Wildman–Crippen MR) is 63.4 cm³/mol. The Bertz CT molecular complexity index is 275. The lowest BCUT2D eigenvalue weighted by molar-refractivity contribution is 0.677. The van der Waals surface area contributed by atoms with Crippen molar-refractivity contribution in [3.05, 3.63) is 34.3 Å². The van der Waals surface area contributed by atoms with E-state index in [4.69, 9.17) is 0 Å². The van der Waals surface area contributed by atoms with Gasteiger partial charge >= 0.3 is 0 Å². The fourth-order valence-corrected chi connectivity index (χ4v) is 2.86. The molecule has 1 fully saturated rings. The van der Waals surface area contributed by atoms with Gasteiger partial charge in [-0.1, -0.05) is 44.0 Å². The zero-order chi connectivity index (χ0) is 9.26. The molecule has 0 spiro atoms. The normalized spacial score (nSPS) is 18.6. The van der Waals surface area contributed by atoms with E-state index in [1.807, 2.05) is 0 Å². The van der Waals surface area contributed by atoms with Gasteiger partial charge in [0.2, 0.25) is 0 Å². The summed E-state index contributed by atoms with van der Waals surface area (Å²) in [4.78, 5) is 0. The molecule has 1 atom stereocenters. The fraction of sp³-hybridized carbons (Fsp3) is 0.455. The van der Waals surface area contributed by atoms with Crippen LogP contribution in [-0.2, 0) is 0 Å². The van der Waals surface area contributed by atoms with E-state index in [-0.39, 0.29) is 0 Å². The third-order valence-electron chi connectivity index (χ3n) is 2.66. The van der Waals surface area contributed by atoms with Crippen molar-refractivity contribution in [3.63, 3.8) is 0 Å². The first-order chi connectivity index (χ1) is 6.31. The van der Waals surface area contributed by atoms with Crippen LogP contribution in [0, 0.1) is 5.92 Å². The Labute approximate surface area is 96.0 Å². The maximum Gasteiger partial charge on any atom is 0.0175 e. The molecule has 0 amide bonds. The van der Waals surface area contributed by atoms with Gasteiger partial charge in [-0.3, -0.25) is 0 Å². The standard InChI is InChI=1S/C11H12Br2/c12-7-11(8-1-2-8)9-3-5-10(13)6-4-9/h3-6,8,11H,1-2,7H2. The molecule has 0 saturated heterocycles. The van der Waals surface area contributed by atoms with Gasteiger partial charge in [-0.25, -0.2) is 0 Å². The Morgan fingerprint density at radius 2 is 1.85 bits per heavy atom. The van der Waals surface area contributed by atoms with Gasteiger partial charge in [0.15, 0.2) is 0 Å². The van der Waals surface area contributed by atoms with Crippen molar-refractivity contribution in [3.8, 4) is 0 Å². The molecule has 0 radical (unpaired) electrons. The Balaban J connectivity index is 2.17. The molecule has 1 aromatic carbocycles. The smallest absolute Gasteiger partial charge is 0.0175 e. The molecular formula is C11H12Br2. The summed E-state index contributed by atoms with van der Waals surface area (Å²) in [6, 6.07) is 8.73. The average molecular weight is 304 g/mol. The van der Waals surface area contributed by atoms with Gasteiger partial charge in [0.25, 0.3) is 0 Å². The van der Waals surface area contributed by atoms with E-state index in [1.54, 1.807) is 0 Å². The summed E-state index contributed by atoms with van der Waals surface area (Å²) < 4.78 is 1.17. The molecule has 70 valence electrons. The zero-order valence-corrected chi connectivity index (χ0v) is 10.5. The van der Waals surface area contributed by atoms with Crippen LogP contribution in [0.2, 0.25) is 0 Å². The van der Waals surface area contributed by atoms with E-state index >= 15 is 0 Å². The summed E-state index contributed by atoms with van der Waals surface area (Å²) in [7, 11) is 0. The van der Waals surface area contributed by atoms with Crippen molar-refractivity contribution in [2.75, 3.05) is 5.33 Å². The lowest BCUT2D eigenvalue weighted by atomic mass is 9.97. The van der Waals surface area contributed by atoms with Gasteiger partial charge in [0, 0.05) is 9.80 Å². The quantitative estimate of drug-likeness (QED) is 0.729. The first-order valence-corrected chi connectivity index (χ1v) is 6.54. The average Bonchev–Trinajstić information content (AvgIpc) is 2.93. The summed E-state index contributed by atoms with van der Waals surface area (Å²) in [5.74, 6) is 1.66. The molecule has 2 rings (SSSR count). The van der Waals surface area contributed by atoms with Crippen LogP contribution in [0.3, 0.4) is 0 Å². The molecule has 13 heavy (non-hydrogen) atoms. The molecule has 0 aromatic heterocycles. The van der Waals surface area contributed by atoms with Crippen LogP contribution < -0.4 is 0 Å². The van der Waals surface area contributed by atoms with Crippen molar-refractivity contribution in [2.24, 2.45) is 5.92 Å². The molecule has 1 unspecified atom stereocenters. The summed E-state index contributed by atoms with van der Waals surface area (Å²) in [5, 5.41) is 1.10. The molecule has 1 aliphatic carbocycles. The molecule has 0 N–H and O–H groups in total. The van der Waals surface area contributed by atoms with Crippen LogP contribution in [0.15, 0.2) is 28.7 Å². The van der Waals surface area contributed by atoms with Gasteiger partial charge < -0.3 is 0 Å². The van der Waals surface area contributed by atoms with Crippen molar-refractivity contribution >= 4 is 31.9 Å². The number of benzene rings is 1. The molecular weight excluding hydrogens is 292 g/mol. The van der Waals surface area contributed by atoms with E-state index < -0.39 is 0 Å². The van der Waals surface area contributed by atoms with Crippen LogP contribution >= 0.6 is 31.9 Å². The molecule has 0 aliphatic heterocycles. The highest BCUT2D eigenvalue weighted by Gasteiger charge is 2.31. The lowest BCUT2D eigenvalue weighted by Crippen LogP contribution is -2.01. The number of halogens is 2. The molecule has 1 saturated carbocycles. The minimum absolute atomic E-state index is 0.730. The zero-order valence-electron chi connectivity index (χ0n) is 7.34. The van der Waals surface area contributed by atoms with E-state index in [9.17, 15) is 0 Å². The van der Waals surface area contributed by atoms with Crippen LogP contribution in [0.5, 0.6) is 0 Å². The van der Waals surface area contributed by atoms with Crippen LogP contribution in [0.1, 0.15) is 24.3 Å². The van der Waals surface area contributed by atoms with Crippen molar-refractivity contribution < 1.29 is 0 Å². The van der Waals surface area contributed by atoms with E-state index in [0.29, 0.717) is 0 Å². The summed E-state index contributed by atoms with van der Waals surface area (Å²) in [6.45, 7) is 0. The van der Waals surface area contributed by atoms with Crippen molar-refractivity contribution in [2.45, 2.75) is 18.8 Å².